The van der Waals surface area contributed by atoms with Crippen LogP contribution in [0, 0.1) is 6.92 Å². The third kappa shape index (κ3) is 2.07. The minimum atomic E-state index is 0.908. The van der Waals surface area contributed by atoms with Gasteiger partial charge in [-0.2, -0.15) is 0 Å². The molecule has 0 radical (unpaired) electrons. The Kier molecular flexibility index (Phi) is 2.73. The Bertz CT molecular complexity index is 634. The minimum Gasteiger partial charge on any atom is -0.464 e. The van der Waals surface area contributed by atoms with Gasteiger partial charge in [0.05, 0.1) is 6.26 Å². The van der Waals surface area contributed by atoms with Gasteiger partial charge in [-0.25, -0.2) is 0 Å². The maximum atomic E-state index is 5.38. The topological polar surface area (TPSA) is 13.1 Å². The van der Waals surface area contributed by atoms with Crippen molar-refractivity contribution in [2.45, 2.75) is 6.92 Å². The lowest BCUT2D eigenvalue weighted by Crippen LogP contribution is -1.80. The van der Waals surface area contributed by atoms with Crippen LogP contribution in [0.2, 0.25) is 0 Å². The van der Waals surface area contributed by atoms with Gasteiger partial charge in [0.15, 0.2) is 0 Å². The third-order valence-corrected chi connectivity index (χ3v) is 3.04. The second-order valence-electron chi connectivity index (χ2n) is 4.42. The molecule has 1 heterocycles. The number of furan rings is 1. The van der Waals surface area contributed by atoms with E-state index in [2.05, 4.69) is 55.5 Å². The zero-order valence-electron chi connectivity index (χ0n) is 10.3. The molecule has 88 valence electrons. The Morgan fingerprint density at radius 1 is 0.722 bits per heavy atom. The molecule has 0 aliphatic heterocycles. The lowest BCUT2D eigenvalue weighted by Gasteiger charge is -2.04. The first-order valence-corrected chi connectivity index (χ1v) is 6.04. The summed E-state index contributed by atoms with van der Waals surface area (Å²) in [6, 6.07) is 20.9. The van der Waals surface area contributed by atoms with Gasteiger partial charge in [-0.1, -0.05) is 54.1 Å². The van der Waals surface area contributed by atoms with Crippen LogP contribution in [-0.2, 0) is 0 Å². The summed E-state index contributed by atoms with van der Waals surface area (Å²) in [6.07, 6.45) is 1.70. The summed E-state index contributed by atoms with van der Waals surface area (Å²) in [4.78, 5) is 0. The molecule has 3 rings (SSSR count). The van der Waals surface area contributed by atoms with Crippen molar-refractivity contribution >= 4 is 0 Å². The predicted molar refractivity (Wildman–Crippen MR) is 74.3 cm³/mol. The second-order valence-corrected chi connectivity index (χ2v) is 4.42. The molecule has 0 spiro atoms. The number of hydrogen-bond acceptors (Lipinski definition) is 1. The highest BCUT2D eigenvalue weighted by molar-refractivity contribution is 5.68. The van der Waals surface area contributed by atoms with Crippen LogP contribution in [0.15, 0.2) is 71.3 Å². The fourth-order valence-electron chi connectivity index (χ4n) is 2.09. The van der Waals surface area contributed by atoms with Crippen LogP contribution < -0.4 is 0 Å². The highest BCUT2D eigenvalue weighted by atomic mass is 16.3. The van der Waals surface area contributed by atoms with Gasteiger partial charge in [0.1, 0.15) is 5.76 Å². The highest BCUT2D eigenvalue weighted by Crippen LogP contribution is 2.25. The molecule has 0 fully saturated rings. The normalized spacial score (nSPS) is 10.5. The van der Waals surface area contributed by atoms with Crippen LogP contribution in [0.25, 0.3) is 22.5 Å². The molecule has 1 nitrogen and oxygen atoms in total. The number of benzene rings is 2. The zero-order chi connectivity index (χ0) is 12.4. The van der Waals surface area contributed by atoms with E-state index in [1.165, 1.54) is 16.7 Å². The zero-order valence-corrected chi connectivity index (χ0v) is 10.3. The van der Waals surface area contributed by atoms with Crippen molar-refractivity contribution in [3.63, 3.8) is 0 Å². The van der Waals surface area contributed by atoms with Gasteiger partial charge in [-0.15, -0.1) is 0 Å². The Morgan fingerprint density at radius 2 is 1.50 bits per heavy atom. The lowest BCUT2D eigenvalue weighted by molar-refractivity contribution is 0.582. The van der Waals surface area contributed by atoms with Crippen LogP contribution in [0.3, 0.4) is 0 Å². The Balaban J connectivity index is 1.96. The van der Waals surface area contributed by atoms with Crippen molar-refractivity contribution in [2.24, 2.45) is 0 Å². The molecule has 1 heteroatoms. The average Bonchev–Trinajstić information content (AvgIpc) is 2.93. The summed E-state index contributed by atoms with van der Waals surface area (Å²) in [6.45, 7) is 2.11. The van der Waals surface area contributed by atoms with E-state index in [0.717, 1.165) is 11.3 Å². The van der Waals surface area contributed by atoms with Gasteiger partial charge in [0.25, 0.3) is 0 Å². The summed E-state index contributed by atoms with van der Waals surface area (Å²) in [5.74, 6) is 0.908. The molecule has 2 aromatic carbocycles. The Hall–Kier alpha value is -2.28. The van der Waals surface area contributed by atoms with Crippen LogP contribution in [-0.4, -0.2) is 0 Å². The van der Waals surface area contributed by atoms with E-state index in [-0.39, 0.29) is 0 Å². The molecule has 1 aromatic heterocycles. The smallest absolute Gasteiger partial charge is 0.133 e. The first-order valence-electron chi connectivity index (χ1n) is 6.04. The maximum Gasteiger partial charge on any atom is 0.133 e. The van der Waals surface area contributed by atoms with Gasteiger partial charge in [0, 0.05) is 5.56 Å². The van der Waals surface area contributed by atoms with Crippen molar-refractivity contribution in [1.29, 1.82) is 0 Å². The molecular formula is C17H14O. The van der Waals surface area contributed by atoms with Gasteiger partial charge >= 0.3 is 0 Å². The van der Waals surface area contributed by atoms with E-state index >= 15 is 0 Å². The first-order chi connectivity index (χ1) is 8.83. The molecule has 0 bridgehead atoms. The molecular weight excluding hydrogens is 220 g/mol. The summed E-state index contributed by atoms with van der Waals surface area (Å²) in [5.41, 5.74) is 4.87. The highest BCUT2D eigenvalue weighted by Gasteiger charge is 2.01. The minimum absolute atomic E-state index is 0.908. The predicted octanol–water partition coefficient (Wildman–Crippen LogP) is 4.92. The quantitative estimate of drug-likeness (QED) is 0.613. The molecule has 0 N–H and O–H groups in total. The molecule has 0 saturated heterocycles. The fourth-order valence-corrected chi connectivity index (χ4v) is 2.09. The summed E-state index contributed by atoms with van der Waals surface area (Å²) in [5, 5.41) is 0. The van der Waals surface area contributed by atoms with E-state index in [4.69, 9.17) is 4.42 Å². The number of aryl methyl sites for hydroxylation is 1. The van der Waals surface area contributed by atoms with Crippen molar-refractivity contribution < 1.29 is 4.42 Å². The summed E-state index contributed by atoms with van der Waals surface area (Å²) >= 11 is 0. The largest absolute Gasteiger partial charge is 0.464 e. The molecule has 0 aliphatic carbocycles. The molecule has 0 unspecified atom stereocenters. The number of hydrogen-bond donors (Lipinski definition) is 0. The molecule has 0 aliphatic rings. The molecule has 3 aromatic rings. The van der Waals surface area contributed by atoms with Crippen molar-refractivity contribution in [1.82, 2.24) is 0 Å². The van der Waals surface area contributed by atoms with Gasteiger partial charge in [-0.05, 0) is 30.2 Å². The van der Waals surface area contributed by atoms with Crippen LogP contribution in [0.4, 0.5) is 0 Å². The lowest BCUT2D eigenvalue weighted by atomic mass is 10.0. The van der Waals surface area contributed by atoms with E-state index < -0.39 is 0 Å². The fraction of sp³-hybridized carbons (Fsp3) is 0.0588. The third-order valence-electron chi connectivity index (χ3n) is 3.04. The van der Waals surface area contributed by atoms with E-state index in [1.54, 1.807) is 6.26 Å². The molecule has 0 saturated carbocycles. The Morgan fingerprint density at radius 3 is 2.17 bits per heavy atom. The van der Waals surface area contributed by atoms with Crippen molar-refractivity contribution in [2.75, 3.05) is 0 Å². The molecule has 18 heavy (non-hydrogen) atoms. The van der Waals surface area contributed by atoms with E-state index in [9.17, 15) is 0 Å². The van der Waals surface area contributed by atoms with Crippen LogP contribution in [0.1, 0.15) is 5.56 Å². The van der Waals surface area contributed by atoms with E-state index in [0.29, 0.717) is 0 Å². The molecule has 0 atom stereocenters. The summed E-state index contributed by atoms with van der Waals surface area (Å²) in [7, 11) is 0. The first kappa shape index (κ1) is 10.8. The van der Waals surface area contributed by atoms with E-state index in [1.807, 2.05) is 12.1 Å². The Labute approximate surface area is 107 Å². The maximum absolute atomic E-state index is 5.38. The van der Waals surface area contributed by atoms with Crippen LogP contribution >= 0.6 is 0 Å². The second kappa shape index (κ2) is 4.53. The monoisotopic (exact) mass is 234 g/mol. The van der Waals surface area contributed by atoms with Crippen molar-refractivity contribution in [3.8, 4) is 22.5 Å². The van der Waals surface area contributed by atoms with Gasteiger partial charge in [0.2, 0.25) is 0 Å². The standard InChI is InChI=1S/C17H14O/c1-13-4-2-5-16(12-13)14-7-9-15(10-8-14)17-6-3-11-18-17/h2-12H,1H3. The number of rotatable bonds is 2. The van der Waals surface area contributed by atoms with Crippen LogP contribution in [0.5, 0.6) is 0 Å². The average molecular weight is 234 g/mol. The van der Waals surface area contributed by atoms with Gasteiger partial charge < -0.3 is 4.42 Å². The molecule has 0 amide bonds. The van der Waals surface area contributed by atoms with Gasteiger partial charge in [-0.3, -0.25) is 0 Å². The van der Waals surface area contributed by atoms with Crippen molar-refractivity contribution in [3.05, 3.63) is 72.5 Å². The summed E-state index contributed by atoms with van der Waals surface area (Å²) < 4.78 is 5.38. The SMILES string of the molecule is Cc1cccc(-c2ccc(-c3ccco3)cc2)c1.